The van der Waals surface area contributed by atoms with Crippen molar-refractivity contribution in [2.45, 2.75) is 37.8 Å². The molecule has 12 heteroatoms. The number of anilines is 3. The van der Waals surface area contributed by atoms with E-state index in [0.29, 0.717) is 39.7 Å². The maximum absolute atomic E-state index is 6.38. The number of nitrogens with one attached hydrogen (secondary N) is 1. The topological polar surface area (TPSA) is 129 Å². The van der Waals surface area contributed by atoms with Crippen molar-refractivity contribution in [2.24, 2.45) is 0 Å². The van der Waals surface area contributed by atoms with Gasteiger partial charge in [0, 0.05) is 42.5 Å². The first kappa shape index (κ1) is 26.0. The number of benzene rings is 2. The van der Waals surface area contributed by atoms with Crippen LogP contribution in [0.3, 0.4) is 0 Å². The minimum absolute atomic E-state index is 0.267. The Kier molecular flexibility index (Phi) is 6.85. The van der Waals surface area contributed by atoms with Crippen LogP contribution < -0.4 is 15.8 Å². The molecule has 0 spiro atoms. The van der Waals surface area contributed by atoms with Crippen LogP contribution in [-0.4, -0.2) is 69.1 Å². The maximum Gasteiger partial charge on any atom is 0.300 e. The second-order valence-corrected chi connectivity index (χ2v) is 10.9. The van der Waals surface area contributed by atoms with Crippen LogP contribution in [0.1, 0.15) is 31.7 Å². The molecule has 0 amide bonds. The standard InChI is InChI=1S/C29H31ClN8O3/c1-39-21-14-22(30)26-23(15-21)35-29(41-26)34-18-4-2-17(3-5-18)25-24-27(31)32-16-33-28(24)38(36-25)20-8-6-19(7-9-20)37-10-12-40-13-11-37/h2-5,14-16,19-20H,6-13H2,1H3,(H,34,35)(H2,31,32,33). The first-order valence-electron chi connectivity index (χ1n) is 13.9. The Morgan fingerprint density at radius 3 is 2.54 bits per heavy atom. The third kappa shape index (κ3) is 4.94. The van der Waals surface area contributed by atoms with Gasteiger partial charge in [0.25, 0.3) is 6.01 Å². The molecule has 1 saturated heterocycles. The van der Waals surface area contributed by atoms with Gasteiger partial charge in [-0.25, -0.2) is 14.6 Å². The van der Waals surface area contributed by atoms with Crippen molar-refractivity contribution in [3.05, 3.63) is 47.7 Å². The number of ether oxygens (including phenoxy) is 2. The molecule has 2 fully saturated rings. The predicted octanol–water partition coefficient (Wildman–Crippen LogP) is 5.44. The van der Waals surface area contributed by atoms with Crippen molar-refractivity contribution >= 4 is 51.3 Å². The van der Waals surface area contributed by atoms with E-state index in [1.54, 1.807) is 19.2 Å². The number of nitrogen functional groups attached to an aromatic ring is 1. The quantitative estimate of drug-likeness (QED) is 0.270. The normalized spacial score (nSPS) is 20.0. The summed E-state index contributed by atoms with van der Waals surface area (Å²) in [5.41, 5.74) is 10.8. The van der Waals surface area contributed by atoms with Gasteiger partial charge < -0.3 is 24.9 Å². The number of methoxy groups -OCH3 is 1. The zero-order chi connectivity index (χ0) is 27.9. The van der Waals surface area contributed by atoms with E-state index in [1.165, 1.54) is 6.33 Å². The Morgan fingerprint density at radius 1 is 1.02 bits per heavy atom. The Bertz CT molecular complexity index is 1690. The number of halogens is 1. The lowest BCUT2D eigenvalue weighted by atomic mass is 9.90. The van der Waals surface area contributed by atoms with E-state index in [4.69, 9.17) is 36.3 Å². The Morgan fingerprint density at radius 2 is 1.78 bits per heavy atom. The lowest BCUT2D eigenvalue weighted by Gasteiger charge is -2.38. The molecule has 3 N–H and O–H groups in total. The molecule has 0 atom stereocenters. The summed E-state index contributed by atoms with van der Waals surface area (Å²) in [6, 6.07) is 12.6. The number of hydrogen-bond acceptors (Lipinski definition) is 10. The average Bonchev–Trinajstić information content (AvgIpc) is 3.61. The number of nitrogens with two attached hydrogens (primary N) is 1. The van der Waals surface area contributed by atoms with Crippen LogP contribution in [0.4, 0.5) is 17.5 Å². The molecule has 5 aromatic rings. The molecular weight excluding hydrogens is 544 g/mol. The summed E-state index contributed by atoms with van der Waals surface area (Å²) in [7, 11) is 1.58. The number of oxazole rings is 1. The lowest BCUT2D eigenvalue weighted by Crippen LogP contribution is -2.45. The first-order valence-corrected chi connectivity index (χ1v) is 14.3. The van der Waals surface area contributed by atoms with Gasteiger partial charge in [0.05, 0.1) is 36.8 Å². The van der Waals surface area contributed by atoms with Crippen LogP contribution in [0.15, 0.2) is 47.1 Å². The van der Waals surface area contributed by atoms with E-state index in [2.05, 4.69) is 29.9 Å². The summed E-state index contributed by atoms with van der Waals surface area (Å²) in [6.45, 7) is 3.70. The molecule has 7 rings (SSSR count). The molecular formula is C29H31ClN8O3. The van der Waals surface area contributed by atoms with Gasteiger partial charge in [-0.1, -0.05) is 23.7 Å². The highest BCUT2D eigenvalue weighted by Crippen LogP contribution is 2.38. The molecule has 2 aromatic carbocycles. The number of rotatable bonds is 6. The molecule has 1 aliphatic heterocycles. The van der Waals surface area contributed by atoms with Gasteiger partial charge in [0.1, 0.15) is 29.1 Å². The van der Waals surface area contributed by atoms with Crippen LogP contribution in [0, 0.1) is 0 Å². The number of fused-ring (bicyclic) bond motifs is 2. The third-order valence-corrected chi connectivity index (χ3v) is 8.44. The summed E-state index contributed by atoms with van der Waals surface area (Å²) in [4.78, 5) is 16.0. The van der Waals surface area contributed by atoms with Crippen LogP contribution in [-0.2, 0) is 4.74 Å². The van der Waals surface area contributed by atoms with Crippen molar-refractivity contribution in [3.63, 3.8) is 0 Å². The largest absolute Gasteiger partial charge is 0.497 e. The van der Waals surface area contributed by atoms with Crippen molar-refractivity contribution < 1.29 is 13.9 Å². The summed E-state index contributed by atoms with van der Waals surface area (Å²) >= 11 is 6.33. The fraction of sp³-hybridized carbons (Fsp3) is 0.379. The van der Waals surface area contributed by atoms with Gasteiger partial charge in [-0.15, -0.1) is 0 Å². The van der Waals surface area contributed by atoms with Crippen LogP contribution >= 0.6 is 11.6 Å². The van der Waals surface area contributed by atoms with E-state index < -0.39 is 0 Å². The molecule has 1 aliphatic carbocycles. The van der Waals surface area contributed by atoms with E-state index in [1.807, 2.05) is 24.3 Å². The summed E-state index contributed by atoms with van der Waals surface area (Å²) in [5, 5.41) is 9.50. The Labute approximate surface area is 241 Å². The highest BCUT2D eigenvalue weighted by atomic mass is 35.5. The summed E-state index contributed by atoms with van der Waals surface area (Å²) in [6.07, 6.45) is 5.89. The molecule has 3 aromatic heterocycles. The zero-order valence-corrected chi connectivity index (χ0v) is 23.5. The monoisotopic (exact) mass is 574 g/mol. The maximum atomic E-state index is 6.38. The van der Waals surface area contributed by atoms with Crippen molar-refractivity contribution in [2.75, 3.05) is 44.5 Å². The average molecular weight is 575 g/mol. The lowest BCUT2D eigenvalue weighted by molar-refractivity contribution is 0.00520. The molecule has 1 saturated carbocycles. The molecule has 0 bridgehead atoms. The van der Waals surface area contributed by atoms with E-state index in [0.717, 1.165) is 80.0 Å². The van der Waals surface area contributed by atoms with Gasteiger partial charge in [-0.2, -0.15) is 10.1 Å². The Balaban J connectivity index is 1.13. The van der Waals surface area contributed by atoms with Gasteiger partial charge in [-0.05, 0) is 37.8 Å². The van der Waals surface area contributed by atoms with Crippen LogP contribution in [0.5, 0.6) is 5.75 Å². The van der Waals surface area contributed by atoms with Crippen molar-refractivity contribution in [1.82, 2.24) is 29.6 Å². The van der Waals surface area contributed by atoms with Gasteiger partial charge in [0.15, 0.2) is 11.2 Å². The second kappa shape index (κ2) is 10.8. The SMILES string of the molecule is COc1cc(Cl)c2oc(Nc3ccc(-c4nn(C5CCC(N6CCOCC6)CC5)c5ncnc(N)c45)cc3)nc2c1. The van der Waals surface area contributed by atoms with Gasteiger partial charge in [-0.3, -0.25) is 4.90 Å². The fourth-order valence-electron chi connectivity index (χ4n) is 6.04. The molecule has 2 aliphatic rings. The first-order chi connectivity index (χ1) is 20.1. The highest BCUT2D eigenvalue weighted by Gasteiger charge is 2.30. The van der Waals surface area contributed by atoms with E-state index in [9.17, 15) is 0 Å². The van der Waals surface area contributed by atoms with Gasteiger partial charge >= 0.3 is 0 Å². The predicted molar refractivity (Wildman–Crippen MR) is 158 cm³/mol. The number of nitrogens with zero attached hydrogens (tertiary/aromatic N) is 6. The van der Waals surface area contributed by atoms with Gasteiger partial charge in [0.2, 0.25) is 0 Å². The number of hydrogen-bond donors (Lipinski definition) is 2. The molecule has 11 nitrogen and oxygen atoms in total. The van der Waals surface area contributed by atoms with Crippen LogP contribution in [0.25, 0.3) is 33.4 Å². The second-order valence-electron chi connectivity index (χ2n) is 10.5. The van der Waals surface area contributed by atoms with E-state index >= 15 is 0 Å². The minimum Gasteiger partial charge on any atom is -0.497 e. The molecule has 0 unspecified atom stereocenters. The fourth-order valence-corrected chi connectivity index (χ4v) is 6.28. The van der Waals surface area contributed by atoms with Crippen molar-refractivity contribution in [1.29, 1.82) is 0 Å². The number of aromatic nitrogens is 5. The molecule has 0 radical (unpaired) electrons. The molecule has 4 heterocycles. The van der Waals surface area contributed by atoms with E-state index in [-0.39, 0.29) is 6.04 Å². The molecule has 41 heavy (non-hydrogen) atoms. The smallest absolute Gasteiger partial charge is 0.300 e. The third-order valence-electron chi connectivity index (χ3n) is 8.16. The highest BCUT2D eigenvalue weighted by molar-refractivity contribution is 6.34. The Hall–Kier alpha value is -3.93. The summed E-state index contributed by atoms with van der Waals surface area (Å²) < 4.78 is 18.7. The summed E-state index contributed by atoms with van der Waals surface area (Å²) in [5.74, 6) is 1.05. The van der Waals surface area contributed by atoms with Crippen LogP contribution in [0.2, 0.25) is 5.02 Å². The van der Waals surface area contributed by atoms with Crippen molar-refractivity contribution in [3.8, 4) is 17.0 Å². The zero-order valence-electron chi connectivity index (χ0n) is 22.7. The molecule has 212 valence electrons. The number of morpholine rings is 1. The minimum atomic E-state index is 0.267.